The zero-order chi connectivity index (χ0) is 15.3. The van der Waals surface area contributed by atoms with Crippen LogP contribution in [0.15, 0.2) is 11.8 Å². The number of rotatable bonds is 1. The minimum absolute atomic E-state index is 1.14. The molecule has 0 atom stereocenters. The van der Waals surface area contributed by atoms with E-state index in [0.717, 1.165) is 6.54 Å². The molecule has 126 valence electrons. The van der Waals surface area contributed by atoms with Gasteiger partial charge in [-0.2, -0.15) is 0 Å². The van der Waals surface area contributed by atoms with Gasteiger partial charge in [0.1, 0.15) is 0 Å². The van der Waals surface area contributed by atoms with Crippen molar-refractivity contribution < 1.29 is 4.58 Å². The van der Waals surface area contributed by atoms with Gasteiger partial charge in [0.05, 0.1) is 18.8 Å². The molecule has 2 nitrogen and oxygen atoms in total. The van der Waals surface area contributed by atoms with Gasteiger partial charge in [0.2, 0.25) is 6.34 Å². The van der Waals surface area contributed by atoms with Crippen molar-refractivity contribution in [1.82, 2.24) is 5.32 Å². The topological polar surface area (TPSA) is 15.0 Å². The molecule has 0 amide bonds. The summed E-state index contributed by atoms with van der Waals surface area (Å²) in [6, 6.07) is 0. The molecule has 0 saturated carbocycles. The van der Waals surface area contributed by atoms with Gasteiger partial charge in [0, 0.05) is 6.42 Å². The lowest BCUT2D eigenvalue weighted by Crippen LogP contribution is -2.24. The number of hydrogen-bond acceptors (Lipinski definition) is 1. The molecule has 2 aliphatic rings. The molecule has 0 spiro atoms. The molecule has 0 unspecified atom stereocenters. The van der Waals surface area contributed by atoms with Crippen LogP contribution in [0.25, 0.3) is 0 Å². The van der Waals surface area contributed by atoms with Crippen LogP contribution in [-0.4, -0.2) is 24.0 Å². The first-order valence-corrected chi connectivity index (χ1v) is 9.99. The SMILES string of the molecule is C1=[N+](\C2=C\CCCCCCCCC2)CCCCCCCCN/1. The monoisotopic (exact) mass is 305 g/mol. The Morgan fingerprint density at radius 3 is 2.14 bits per heavy atom. The van der Waals surface area contributed by atoms with Gasteiger partial charge in [0.15, 0.2) is 0 Å². The summed E-state index contributed by atoms with van der Waals surface area (Å²) in [6.45, 7) is 2.35. The highest BCUT2D eigenvalue weighted by atomic mass is 15.1. The van der Waals surface area contributed by atoms with Gasteiger partial charge in [-0.1, -0.05) is 44.9 Å². The highest BCUT2D eigenvalue weighted by Crippen LogP contribution is 2.18. The van der Waals surface area contributed by atoms with E-state index in [0.29, 0.717) is 0 Å². The third kappa shape index (κ3) is 7.47. The van der Waals surface area contributed by atoms with E-state index in [4.69, 9.17) is 0 Å². The Bertz CT molecular complexity index is 310. The van der Waals surface area contributed by atoms with Gasteiger partial charge < -0.3 is 0 Å². The van der Waals surface area contributed by atoms with Gasteiger partial charge in [-0.25, -0.2) is 4.58 Å². The highest BCUT2D eigenvalue weighted by Gasteiger charge is 2.10. The van der Waals surface area contributed by atoms with E-state index < -0.39 is 0 Å². The zero-order valence-corrected chi connectivity index (χ0v) is 14.6. The van der Waals surface area contributed by atoms with Gasteiger partial charge in [-0.05, 0) is 51.0 Å². The fourth-order valence-corrected chi connectivity index (χ4v) is 3.65. The third-order valence-electron chi connectivity index (χ3n) is 5.10. The first kappa shape index (κ1) is 17.6. The second-order valence-corrected chi connectivity index (χ2v) is 7.11. The molecular formula is C20H37N2+. The number of allylic oxidation sites excluding steroid dienone is 2. The zero-order valence-electron chi connectivity index (χ0n) is 14.6. The molecule has 0 bridgehead atoms. The van der Waals surface area contributed by atoms with E-state index in [-0.39, 0.29) is 0 Å². The second kappa shape index (κ2) is 11.7. The molecule has 2 heteroatoms. The smallest absolute Gasteiger partial charge is 0.236 e. The van der Waals surface area contributed by atoms with Crippen molar-refractivity contribution in [2.75, 3.05) is 13.1 Å². The van der Waals surface area contributed by atoms with E-state index in [1.807, 2.05) is 0 Å². The number of hydrogen-bond donors (Lipinski definition) is 1. The fraction of sp³-hybridized carbons (Fsp3) is 0.850. The first-order chi connectivity index (χ1) is 11.0. The van der Waals surface area contributed by atoms with Crippen molar-refractivity contribution in [2.24, 2.45) is 0 Å². The van der Waals surface area contributed by atoms with Crippen LogP contribution in [0.3, 0.4) is 0 Å². The van der Waals surface area contributed by atoms with Gasteiger partial charge >= 0.3 is 0 Å². The molecule has 0 fully saturated rings. The molecular weight excluding hydrogens is 268 g/mol. The average molecular weight is 306 g/mol. The molecule has 1 N–H and O–H groups in total. The van der Waals surface area contributed by atoms with Crippen molar-refractivity contribution in [2.45, 2.75) is 96.3 Å². The Labute approximate surface area is 138 Å². The van der Waals surface area contributed by atoms with Crippen molar-refractivity contribution in [1.29, 1.82) is 0 Å². The maximum absolute atomic E-state index is 3.57. The van der Waals surface area contributed by atoms with E-state index in [1.165, 1.54) is 103 Å². The molecule has 0 aromatic rings. The van der Waals surface area contributed by atoms with Crippen molar-refractivity contribution in [3.63, 3.8) is 0 Å². The van der Waals surface area contributed by atoms with Crippen LogP contribution in [0.5, 0.6) is 0 Å². The summed E-state index contributed by atoms with van der Waals surface area (Å²) in [4.78, 5) is 0. The van der Waals surface area contributed by atoms with E-state index in [2.05, 4.69) is 22.3 Å². The van der Waals surface area contributed by atoms with Crippen LogP contribution in [0.1, 0.15) is 96.3 Å². The molecule has 1 aliphatic heterocycles. The Morgan fingerprint density at radius 2 is 1.32 bits per heavy atom. The maximum atomic E-state index is 3.57. The second-order valence-electron chi connectivity index (χ2n) is 7.11. The molecule has 0 aromatic heterocycles. The molecule has 22 heavy (non-hydrogen) atoms. The molecule has 0 aromatic carbocycles. The van der Waals surface area contributed by atoms with Gasteiger partial charge in [0.25, 0.3) is 0 Å². The van der Waals surface area contributed by atoms with Crippen molar-refractivity contribution in [3.05, 3.63) is 11.8 Å². The lowest BCUT2D eigenvalue weighted by molar-refractivity contribution is -0.478. The molecule has 2 rings (SSSR count). The standard InChI is InChI=1S/C20H36N2/c1-2-4-8-12-16-20(15-11-7-3-1)22-18-14-10-6-5-9-13-17-21-19-22/h15,19H,1-14,16-18H2/p+1/b20-15+,21-19?. The molecule has 1 aliphatic carbocycles. The van der Waals surface area contributed by atoms with E-state index >= 15 is 0 Å². The van der Waals surface area contributed by atoms with Crippen LogP contribution >= 0.6 is 0 Å². The fourth-order valence-electron chi connectivity index (χ4n) is 3.65. The van der Waals surface area contributed by atoms with Crippen LogP contribution in [0, 0.1) is 0 Å². The molecule has 1 heterocycles. The van der Waals surface area contributed by atoms with Crippen LogP contribution in [0.4, 0.5) is 0 Å². The van der Waals surface area contributed by atoms with Gasteiger partial charge in [-0.15, -0.1) is 0 Å². The van der Waals surface area contributed by atoms with Crippen molar-refractivity contribution in [3.8, 4) is 0 Å². The Morgan fingerprint density at radius 1 is 0.682 bits per heavy atom. The van der Waals surface area contributed by atoms with E-state index in [1.54, 1.807) is 5.70 Å². The number of nitrogens with zero attached hydrogens (tertiary/aromatic N) is 1. The maximum Gasteiger partial charge on any atom is 0.236 e. The third-order valence-corrected chi connectivity index (χ3v) is 5.10. The highest BCUT2D eigenvalue weighted by molar-refractivity contribution is 5.48. The summed E-state index contributed by atoms with van der Waals surface area (Å²) in [5.41, 5.74) is 1.59. The summed E-state index contributed by atoms with van der Waals surface area (Å²) in [5.74, 6) is 0. The Hall–Kier alpha value is -0.790. The first-order valence-electron chi connectivity index (χ1n) is 9.99. The summed E-state index contributed by atoms with van der Waals surface area (Å²) >= 11 is 0. The van der Waals surface area contributed by atoms with E-state index in [9.17, 15) is 0 Å². The predicted octanol–water partition coefficient (Wildman–Crippen LogP) is 5.38. The lowest BCUT2D eigenvalue weighted by atomic mass is 10.1. The quantitative estimate of drug-likeness (QED) is 0.643. The van der Waals surface area contributed by atoms with Crippen molar-refractivity contribution >= 4 is 6.34 Å². The summed E-state index contributed by atoms with van der Waals surface area (Å²) in [6.07, 6.45) is 25.6. The average Bonchev–Trinajstić information content (AvgIpc) is 2.64. The summed E-state index contributed by atoms with van der Waals surface area (Å²) < 4.78 is 2.54. The van der Waals surface area contributed by atoms with Crippen LogP contribution < -0.4 is 5.32 Å². The van der Waals surface area contributed by atoms with Crippen LogP contribution in [-0.2, 0) is 0 Å². The minimum atomic E-state index is 1.14. The number of nitrogens with one attached hydrogen (secondary N) is 1. The lowest BCUT2D eigenvalue weighted by Gasteiger charge is -2.11. The summed E-state index contributed by atoms with van der Waals surface area (Å²) in [5, 5.41) is 3.57. The Kier molecular flexibility index (Phi) is 9.37. The van der Waals surface area contributed by atoms with Gasteiger partial charge in [-0.3, -0.25) is 5.32 Å². The molecule has 0 saturated heterocycles. The van der Waals surface area contributed by atoms with Crippen LogP contribution in [0.2, 0.25) is 0 Å². The largest absolute Gasteiger partial charge is 0.281 e. The minimum Gasteiger partial charge on any atom is -0.281 e. The Balaban J connectivity index is 1.97. The predicted molar refractivity (Wildman–Crippen MR) is 96.5 cm³/mol. The summed E-state index contributed by atoms with van der Waals surface area (Å²) in [7, 11) is 0. The normalized spacial score (nSPS) is 28.7. The molecule has 0 radical (unpaired) electrons.